The molecule has 16 heavy (non-hydrogen) atoms. The van der Waals surface area contributed by atoms with Gasteiger partial charge in [0.1, 0.15) is 0 Å². The molecular formula is C14H17NO. The third kappa shape index (κ3) is 1.54. The average Bonchev–Trinajstić information content (AvgIpc) is 2.22. The number of hydrogen-bond acceptors (Lipinski definition) is 1. The third-order valence-electron chi connectivity index (χ3n) is 3.02. The molecule has 0 saturated carbocycles. The molecule has 0 unspecified atom stereocenters. The SMILES string of the molecule is Cc1cccc2c(=O)n(C(C)C)cc(C)c12. The molecule has 0 saturated heterocycles. The molecule has 1 aromatic heterocycles. The number of aromatic nitrogens is 1. The van der Waals surface area contributed by atoms with Crippen LogP contribution in [0, 0.1) is 13.8 Å². The number of aryl methyl sites for hydroxylation is 2. The van der Waals surface area contributed by atoms with Crippen molar-refractivity contribution in [1.82, 2.24) is 4.57 Å². The van der Waals surface area contributed by atoms with Gasteiger partial charge in [-0.2, -0.15) is 0 Å². The molecule has 2 rings (SSSR count). The minimum Gasteiger partial charge on any atom is -0.312 e. The fourth-order valence-corrected chi connectivity index (χ4v) is 2.22. The van der Waals surface area contributed by atoms with Crippen molar-refractivity contribution in [3.8, 4) is 0 Å². The van der Waals surface area contributed by atoms with E-state index in [1.165, 1.54) is 11.1 Å². The molecule has 2 heteroatoms. The summed E-state index contributed by atoms with van der Waals surface area (Å²) in [7, 11) is 0. The first kappa shape index (κ1) is 10.9. The predicted molar refractivity (Wildman–Crippen MR) is 68.1 cm³/mol. The molecule has 0 aliphatic carbocycles. The molecule has 0 bridgehead atoms. The lowest BCUT2D eigenvalue weighted by molar-refractivity contribution is 0.581. The van der Waals surface area contributed by atoms with Crippen LogP contribution < -0.4 is 5.56 Å². The number of fused-ring (bicyclic) bond motifs is 1. The van der Waals surface area contributed by atoms with Crippen LogP contribution in [0.4, 0.5) is 0 Å². The molecule has 2 nitrogen and oxygen atoms in total. The Hall–Kier alpha value is -1.57. The number of pyridine rings is 1. The second-order valence-electron chi connectivity index (χ2n) is 4.62. The van der Waals surface area contributed by atoms with Gasteiger partial charge in [-0.1, -0.05) is 12.1 Å². The van der Waals surface area contributed by atoms with Crippen molar-refractivity contribution in [2.45, 2.75) is 33.7 Å². The molecular weight excluding hydrogens is 198 g/mol. The Morgan fingerprint density at radius 1 is 1.12 bits per heavy atom. The van der Waals surface area contributed by atoms with Gasteiger partial charge in [0.05, 0.1) is 0 Å². The quantitative estimate of drug-likeness (QED) is 0.716. The predicted octanol–water partition coefficient (Wildman–Crippen LogP) is 3.20. The van der Waals surface area contributed by atoms with Gasteiger partial charge in [-0.05, 0) is 50.3 Å². The van der Waals surface area contributed by atoms with E-state index in [0.717, 1.165) is 10.8 Å². The Morgan fingerprint density at radius 3 is 2.44 bits per heavy atom. The lowest BCUT2D eigenvalue weighted by Gasteiger charge is -2.14. The summed E-state index contributed by atoms with van der Waals surface area (Å²) in [6.07, 6.45) is 1.96. The average molecular weight is 215 g/mol. The molecule has 1 heterocycles. The summed E-state index contributed by atoms with van der Waals surface area (Å²) in [6, 6.07) is 6.12. The number of hydrogen-bond donors (Lipinski definition) is 0. The van der Waals surface area contributed by atoms with Crippen LogP contribution in [-0.2, 0) is 0 Å². The van der Waals surface area contributed by atoms with Crippen molar-refractivity contribution in [3.63, 3.8) is 0 Å². The molecule has 1 aromatic carbocycles. The molecule has 0 spiro atoms. The van der Waals surface area contributed by atoms with Crippen molar-refractivity contribution in [3.05, 3.63) is 45.9 Å². The zero-order chi connectivity index (χ0) is 11.9. The number of benzene rings is 1. The summed E-state index contributed by atoms with van der Waals surface area (Å²) in [4.78, 5) is 12.2. The second-order valence-corrected chi connectivity index (χ2v) is 4.62. The van der Waals surface area contributed by atoms with E-state index in [-0.39, 0.29) is 11.6 Å². The Kier molecular flexibility index (Phi) is 2.58. The fourth-order valence-electron chi connectivity index (χ4n) is 2.22. The van der Waals surface area contributed by atoms with Crippen molar-refractivity contribution >= 4 is 10.8 Å². The Morgan fingerprint density at radius 2 is 1.81 bits per heavy atom. The van der Waals surface area contributed by atoms with Crippen LogP contribution in [0.25, 0.3) is 10.8 Å². The van der Waals surface area contributed by atoms with E-state index >= 15 is 0 Å². The van der Waals surface area contributed by atoms with E-state index in [1.807, 2.05) is 32.2 Å². The van der Waals surface area contributed by atoms with Crippen LogP contribution in [0.3, 0.4) is 0 Å². The van der Waals surface area contributed by atoms with Crippen LogP contribution in [0.5, 0.6) is 0 Å². The van der Waals surface area contributed by atoms with Gasteiger partial charge in [0.25, 0.3) is 5.56 Å². The van der Waals surface area contributed by atoms with Gasteiger partial charge >= 0.3 is 0 Å². The van der Waals surface area contributed by atoms with Gasteiger partial charge < -0.3 is 4.57 Å². The lowest BCUT2D eigenvalue weighted by Crippen LogP contribution is -2.22. The molecule has 2 aromatic rings. The van der Waals surface area contributed by atoms with E-state index in [4.69, 9.17) is 0 Å². The first-order chi connectivity index (χ1) is 7.52. The zero-order valence-electron chi connectivity index (χ0n) is 10.2. The van der Waals surface area contributed by atoms with Crippen molar-refractivity contribution in [2.75, 3.05) is 0 Å². The molecule has 0 aliphatic heterocycles. The monoisotopic (exact) mass is 215 g/mol. The minimum atomic E-state index is 0.110. The highest BCUT2D eigenvalue weighted by atomic mass is 16.1. The maximum absolute atomic E-state index is 12.2. The number of nitrogens with zero attached hydrogens (tertiary/aromatic N) is 1. The Balaban J connectivity index is 2.96. The highest BCUT2D eigenvalue weighted by molar-refractivity contribution is 5.87. The summed E-state index contributed by atoms with van der Waals surface area (Å²) >= 11 is 0. The highest BCUT2D eigenvalue weighted by Crippen LogP contribution is 2.20. The smallest absolute Gasteiger partial charge is 0.258 e. The molecule has 84 valence electrons. The minimum absolute atomic E-state index is 0.110. The Bertz CT molecular complexity index is 593. The fraction of sp³-hybridized carbons (Fsp3) is 0.357. The van der Waals surface area contributed by atoms with Crippen LogP contribution in [-0.4, -0.2) is 4.57 Å². The highest BCUT2D eigenvalue weighted by Gasteiger charge is 2.09. The van der Waals surface area contributed by atoms with E-state index in [2.05, 4.69) is 19.9 Å². The molecule has 0 amide bonds. The molecule has 0 radical (unpaired) electrons. The first-order valence-electron chi connectivity index (χ1n) is 5.63. The topological polar surface area (TPSA) is 22.0 Å². The van der Waals surface area contributed by atoms with Gasteiger partial charge in [-0.3, -0.25) is 4.79 Å². The van der Waals surface area contributed by atoms with Gasteiger partial charge in [0, 0.05) is 17.6 Å². The van der Waals surface area contributed by atoms with E-state index in [1.54, 1.807) is 4.57 Å². The molecule has 0 atom stereocenters. The van der Waals surface area contributed by atoms with Gasteiger partial charge in [0.2, 0.25) is 0 Å². The standard InChI is InChI=1S/C14H17NO/c1-9(2)15-8-11(4)13-10(3)6-5-7-12(13)14(15)16/h5-9H,1-4H3. The molecule has 0 N–H and O–H groups in total. The van der Waals surface area contributed by atoms with E-state index in [0.29, 0.717) is 0 Å². The maximum Gasteiger partial charge on any atom is 0.258 e. The summed E-state index contributed by atoms with van der Waals surface area (Å²) in [6.45, 7) is 8.17. The van der Waals surface area contributed by atoms with Gasteiger partial charge in [0.15, 0.2) is 0 Å². The van der Waals surface area contributed by atoms with Gasteiger partial charge in [-0.25, -0.2) is 0 Å². The van der Waals surface area contributed by atoms with Crippen LogP contribution in [0.1, 0.15) is 31.0 Å². The van der Waals surface area contributed by atoms with Gasteiger partial charge in [-0.15, -0.1) is 0 Å². The van der Waals surface area contributed by atoms with E-state index in [9.17, 15) is 4.79 Å². The van der Waals surface area contributed by atoms with Crippen molar-refractivity contribution in [1.29, 1.82) is 0 Å². The van der Waals surface area contributed by atoms with E-state index < -0.39 is 0 Å². The Labute approximate surface area is 95.5 Å². The summed E-state index contributed by atoms with van der Waals surface area (Å²) < 4.78 is 1.80. The molecule has 0 aliphatic rings. The normalized spacial score (nSPS) is 11.3. The molecule has 0 fully saturated rings. The first-order valence-corrected chi connectivity index (χ1v) is 5.63. The summed E-state index contributed by atoms with van der Waals surface area (Å²) in [5, 5.41) is 1.93. The summed E-state index contributed by atoms with van der Waals surface area (Å²) in [5.41, 5.74) is 2.45. The van der Waals surface area contributed by atoms with Crippen LogP contribution >= 0.6 is 0 Å². The largest absolute Gasteiger partial charge is 0.312 e. The van der Waals surface area contributed by atoms with Crippen LogP contribution in [0.15, 0.2) is 29.2 Å². The van der Waals surface area contributed by atoms with Crippen molar-refractivity contribution in [2.24, 2.45) is 0 Å². The second kappa shape index (κ2) is 3.78. The zero-order valence-corrected chi connectivity index (χ0v) is 10.2. The van der Waals surface area contributed by atoms with Crippen LogP contribution in [0.2, 0.25) is 0 Å². The van der Waals surface area contributed by atoms with Crippen molar-refractivity contribution < 1.29 is 0 Å². The lowest BCUT2D eigenvalue weighted by atomic mass is 10.0. The third-order valence-corrected chi connectivity index (χ3v) is 3.02. The maximum atomic E-state index is 12.2. The number of rotatable bonds is 1. The summed E-state index contributed by atoms with van der Waals surface area (Å²) in [5.74, 6) is 0.